The summed E-state index contributed by atoms with van der Waals surface area (Å²) in [6.45, 7) is 0. The van der Waals surface area contributed by atoms with E-state index in [9.17, 15) is 30.6 Å². The molecule has 0 radical (unpaired) electrons. The van der Waals surface area contributed by atoms with E-state index in [1.54, 1.807) is 54.6 Å². The van der Waals surface area contributed by atoms with Crippen LogP contribution >= 0.6 is 0 Å². The van der Waals surface area contributed by atoms with Crippen LogP contribution < -0.4 is 0 Å². The quantitative estimate of drug-likeness (QED) is 0.168. The molecule has 0 aliphatic rings. The van der Waals surface area contributed by atoms with E-state index < -0.39 is 0 Å². The van der Waals surface area contributed by atoms with Crippen molar-refractivity contribution in [2.45, 2.75) is 31.6 Å². The van der Waals surface area contributed by atoms with Crippen molar-refractivity contribution < 1.29 is 30.6 Å². The minimum atomic E-state index is -0.193. The zero-order chi connectivity index (χ0) is 25.7. The normalized spacial score (nSPS) is 12.8. The Kier molecular flexibility index (Phi) is 7.54. The van der Waals surface area contributed by atoms with E-state index in [0.29, 0.717) is 19.3 Å². The van der Waals surface area contributed by atoms with Gasteiger partial charge in [-0.15, -0.1) is 0 Å². The summed E-state index contributed by atoms with van der Waals surface area (Å²) in [5.74, 6) is -0.453. The fourth-order valence-electron chi connectivity index (χ4n) is 4.77. The summed E-state index contributed by atoms with van der Waals surface area (Å²) in [6, 6.07) is 23.8. The average molecular weight is 487 g/mol. The first-order valence-electron chi connectivity index (χ1n) is 11.9. The van der Waals surface area contributed by atoms with Crippen LogP contribution in [0.3, 0.4) is 0 Å². The monoisotopic (exact) mass is 486 g/mol. The van der Waals surface area contributed by atoms with E-state index in [0.717, 1.165) is 28.7 Å². The highest BCUT2D eigenvalue weighted by Crippen LogP contribution is 2.38. The molecule has 6 heteroatoms. The van der Waals surface area contributed by atoms with Crippen LogP contribution in [0, 0.1) is 5.92 Å². The minimum absolute atomic E-state index is 0.0223. The predicted molar refractivity (Wildman–Crippen MR) is 138 cm³/mol. The molecule has 4 aromatic carbocycles. The summed E-state index contributed by atoms with van der Waals surface area (Å²) < 4.78 is 0. The van der Waals surface area contributed by atoms with Gasteiger partial charge in [-0.1, -0.05) is 36.4 Å². The van der Waals surface area contributed by atoms with Crippen LogP contribution in [-0.2, 0) is 19.3 Å². The van der Waals surface area contributed by atoms with Crippen molar-refractivity contribution in [3.8, 4) is 34.5 Å². The zero-order valence-corrected chi connectivity index (χ0v) is 19.7. The second-order valence-electron chi connectivity index (χ2n) is 9.22. The van der Waals surface area contributed by atoms with Gasteiger partial charge in [0.2, 0.25) is 0 Å². The molecule has 0 saturated carbocycles. The summed E-state index contributed by atoms with van der Waals surface area (Å²) in [5, 5.41) is 59.8. The van der Waals surface area contributed by atoms with E-state index in [4.69, 9.17) is 0 Å². The number of aromatic hydroxyl groups is 6. The Bertz CT molecular complexity index is 1330. The summed E-state index contributed by atoms with van der Waals surface area (Å²) in [5.41, 5.74) is 3.59. The SMILES string of the molecule is Oc1cccc(CC[C@H](Cc2ccc(O)c(O)c2)[C@@H](Cc2ccc(O)c(O)c2)c2cccc(O)c2)c1. The van der Waals surface area contributed by atoms with Gasteiger partial charge >= 0.3 is 0 Å². The number of benzene rings is 4. The van der Waals surface area contributed by atoms with Gasteiger partial charge in [0.25, 0.3) is 0 Å². The molecule has 0 fully saturated rings. The van der Waals surface area contributed by atoms with Crippen LogP contribution in [0.1, 0.15) is 34.6 Å². The lowest BCUT2D eigenvalue weighted by Gasteiger charge is -2.29. The fraction of sp³-hybridized carbons (Fsp3) is 0.200. The van der Waals surface area contributed by atoms with Crippen LogP contribution in [-0.4, -0.2) is 30.6 Å². The Balaban J connectivity index is 1.72. The van der Waals surface area contributed by atoms with E-state index in [-0.39, 0.29) is 46.3 Å². The number of phenolic OH excluding ortho intramolecular Hbond substituents is 6. The van der Waals surface area contributed by atoms with Crippen molar-refractivity contribution in [3.63, 3.8) is 0 Å². The molecule has 4 aromatic rings. The lowest BCUT2D eigenvalue weighted by atomic mass is 9.76. The van der Waals surface area contributed by atoms with E-state index in [1.165, 1.54) is 12.1 Å². The van der Waals surface area contributed by atoms with Crippen LogP contribution in [0.15, 0.2) is 84.9 Å². The summed E-state index contributed by atoms with van der Waals surface area (Å²) in [6.07, 6.45) is 2.54. The Morgan fingerprint density at radius 2 is 1.08 bits per heavy atom. The third-order valence-corrected chi connectivity index (χ3v) is 6.61. The van der Waals surface area contributed by atoms with Crippen molar-refractivity contribution in [2.24, 2.45) is 5.92 Å². The van der Waals surface area contributed by atoms with Crippen LogP contribution in [0.5, 0.6) is 34.5 Å². The lowest BCUT2D eigenvalue weighted by Crippen LogP contribution is -2.19. The Morgan fingerprint density at radius 3 is 1.67 bits per heavy atom. The molecule has 0 aromatic heterocycles. The topological polar surface area (TPSA) is 121 Å². The van der Waals surface area contributed by atoms with Gasteiger partial charge in [0.1, 0.15) is 11.5 Å². The highest BCUT2D eigenvalue weighted by Gasteiger charge is 2.25. The number of hydrogen-bond acceptors (Lipinski definition) is 6. The second-order valence-corrected chi connectivity index (χ2v) is 9.22. The maximum absolute atomic E-state index is 10.2. The fourth-order valence-corrected chi connectivity index (χ4v) is 4.77. The predicted octanol–water partition coefficient (Wildman–Crippen LogP) is 5.74. The van der Waals surface area contributed by atoms with Crippen molar-refractivity contribution in [2.75, 3.05) is 0 Å². The van der Waals surface area contributed by atoms with E-state index in [1.807, 2.05) is 18.2 Å². The Hall–Kier alpha value is -4.32. The van der Waals surface area contributed by atoms with Crippen molar-refractivity contribution in [3.05, 3.63) is 107 Å². The van der Waals surface area contributed by atoms with Crippen molar-refractivity contribution >= 4 is 0 Å². The molecular formula is C30H30O6. The molecule has 36 heavy (non-hydrogen) atoms. The number of rotatable bonds is 9. The summed E-state index contributed by atoms with van der Waals surface area (Å²) >= 11 is 0. The van der Waals surface area contributed by atoms with Crippen LogP contribution in [0.4, 0.5) is 0 Å². The molecule has 0 amide bonds. The molecule has 186 valence electrons. The van der Waals surface area contributed by atoms with Gasteiger partial charge < -0.3 is 30.6 Å². The summed E-state index contributed by atoms with van der Waals surface area (Å²) in [4.78, 5) is 0. The minimum Gasteiger partial charge on any atom is -0.508 e. The average Bonchev–Trinajstić information content (AvgIpc) is 2.85. The largest absolute Gasteiger partial charge is 0.508 e. The van der Waals surface area contributed by atoms with Gasteiger partial charge in [-0.3, -0.25) is 0 Å². The molecule has 0 aliphatic heterocycles. The zero-order valence-electron chi connectivity index (χ0n) is 19.7. The van der Waals surface area contributed by atoms with Gasteiger partial charge in [-0.25, -0.2) is 0 Å². The second kappa shape index (κ2) is 11.0. The third-order valence-electron chi connectivity index (χ3n) is 6.61. The summed E-state index contributed by atoms with van der Waals surface area (Å²) in [7, 11) is 0. The van der Waals surface area contributed by atoms with Crippen LogP contribution in [0.2, 0.25) is 0 Å². The van der Waals surface area contributed by atoms with Gasteiger partial charge in [-0.2, -0.15) is 0 Å². The number of aryl methyl sites for hydroxylation is 1. The molecule has 6 nitrogen and oxygen atoms in total. The highest BCUT2D eigenvalue weighted by molar-refractivity contribution is 5.43. The molecule has 0 unspecified atom stereocenters. The first-order valence-corrected chi connectivity index (χ1v) is 11.9. The molecule has 0 bridgehead atoms. The molecule has 4 rings (SSSR count). The molecule has 0 spiro atoms. The Morgan fingerprint density at radius 1 is 0.500 bits per heavy atom. The maximum Gasteiger partial charge on any atom is 0.157 e. The smallest absolute Gasteiger partial charge is 0.157 e. The first kappa shape index (κ1) is 24.8. The third kappa shape index (κ3) is 6.21. The van der Waals surface area contributed by atoms with Crippen molar-refractivity contribution in [1.29, 1.82) is 0 Å². The van der Waals surface area contributed by atoms with Crippen LogP contribution in [0.25, 0.3) is 0 Å². The van der Waals surface area contributed by atoms with Gasteiger partial charge in [0, 0.05) is 0 Å². The lowest BCUT2D eigenvalue weighted by molar-refractivity contribution is 0.380. The number of phenols is 6. The molecule has 2 atom stereocenters. The van der Waals surface area contributed by atoms with E-state index >= 15 is 0 Å². The number of hydrogen-bond donors (Lipinski definition) is 6. The van der Waals surface area contributed by atoms with Crippen molar-refractivity contribution in [1.82, 2.24) is 0 Å². The standard InChI is InChI=1S/C30H30O6/c31-24-5-1-3-19(14-24)7-10-23(13-20-8-11-27(33)29(35)16-20)26(22-4-2-6-25(32)18-22)15-21-9-12-28(34)30(36)17-21/h1-6,8-9,11-12,14,16-18,23,26,31-36H,7,10,13,15H2/t23-,26+/m1/s1. The molecule has 6 N–H and O–H groups in total. The van der Waals surface area contributed by atoms with Gasteiger partial charge in [0.15, 0.2) is 23.0 Å². The van der Waals surface area contributed by atoms with Gasteiger partial charge in [0.05, 0.1) is 0 Å². The molecule has 0 heterocycles. The molecular weight excluding hydrogens is 456 g/mol. The van der Waals surface area contributed by atoms with Gasteiger partial charge in [-0.05, 0) is 108 Å². The highest BCUT2D eigenvalue weighted by atomic mass is 16.3. The Labute approximate surface area is 210 Å². The molecule has 0 aliphatic carbocycles. The molecule has 0 saturated heterocycles. The van der Waals surface area contributed by atoms with E-state index in [2.05, 4.69) is 0 Å². The maximum atomic E-state index is 10.2. The first-order chi connectivity index (χ1) is 17.3.